The van der Waals surface area contributed by atoms with Gasteiger partial charge in [0.25, 0.3) is 0 Å². The highest BCUT2D eigenvalue weighted by Crippen LogP contribution is 2.28. The molecule has 2 N–H and O–H groups in total. The van der Waals surface area contributed by atoms with Crippen molar-refractivity contribution >= 4 is 21.7 Å². The Morgan fingerprint density at radius 2 is 2.08 bits per heavy atom. The fourth-order valence-electron chi connectivity index (χ4n) is 3.09. The van der Waals surface area contributed by atoms with Crippen molar-refractivity contribution < 1.29 is 17.6 Å². The van der Waals surface area contributed by atoms with Crippen molar-refractivity contribution in [2.45, 2.75) is 24.9 Å². The van der Waals surface area contributed by atoms with Gasteiger partial charge in [-0.3, -0.25) is 9.48 Å². The van der Waals surface area contributed by atoms with E-state index in [1.165, 1.54) is 10.6 Å². The van der Waals surface area contributed by atoms with Crippen LogP contribution in [0, 0.1) is 0 Å². The predicted octanol–water partition coefficient (Wildman–Crippen LogP) is 0.536. The summed E-state index contributed by atoms with van der Waals surface area (Å²) in [5, 5.41) is 10.4. The van der Waals surface area contributed by atoms with E-state index < -0.39 is 15.6 Å². The Morgan fingerprint density at radius 3 is 2.62 bits per heavy atom. The predicted molar refractivity (Wildman–Crippen MR) is 95.8 cm³/mol. The molecule has 2 aromatic rings. The number of nitrogens with zero attached hydrogens (tertiary/aromatic N) is 3. The van der Waals surface area contributed by atoms with Gasteiger partial charge in [0.2, 0.25) is 15.9 Å². The Hall–Kier alpha value is -2.33. The number of rotatable bonds is 6. The van der Waals surface area contributed by atoms with Gasteiger partial charge in [-0.2, -0.15) is 5.10 Å². The van der Waals surface area contributed by atoms with Crippen molar-refractivity contribution in [1.82, 2.24) is 19.4 Å². The van der Waals surface area contributed by atoms with Gasteiger partial charge < -0.3 is 15.1 Å². The molecule has 0 aromatic carbocycles. The molecule has 9 nitrogen and oxygen atoms in total. The molecule has 0 radical (unpaired) electrons. The van der Waals surface area contributed by atoms with Gasteiger partial charge in [0, 0.05) is 32.4 Å². The van der Waals surface area contributed by atoms with Gasteiger partial charge in [0.05, 0.1) is 19.1 Å². The number of aryl methyl sites for hydroxylation is 1. The van der Waals surface area contributed by atoms with Gasteiger partial charge in [-0.1, -0.05) is 0 Å². The van der Waals surface area contributed by atoms with E-state index in [0.717, 1.165) is 0 Å². The minimum Gasteiger partial charge on any atom is -0.467 e. The standard InChI is InChI=1S/C16H23N5O4S/c1-20-8-5-14(19-20)18-16(6-9-21(10-7-16)26(2,23)24)15(22)17-12-13-4-3-11-25-13/h3-5,8,11H,6-7,9-10,12H2,1-2H3,(H,17,22)(H,18,19). The maximum Gasteiger partial charge on any atom is 0.246 e. The van der Waals surface area contributed by atoms with Crippen LogP contribution in [-0.2, 0) is 28.4 Å². The number of aromatic nitrogens is 2. The molecule has 1 saturated heterocycles. The Kier molecular flexibility index (Phi) is 5.05. The van der Waals surface area contributed by atoms with Crippen LogP contribution in [0.2, 0.25) is 0 Å². The van der Waals surface area contributed by atoms with Crippen LogP contribution in [0.1, 0.15) is 18.6 Å². The van der Waals surface area contributed by atoms with E-state index in [1.54, 1.807) is 42.4 Å². The van der Waals surface area contributed by atoms with E-state index in [-0.39, 0.29) is 25.5 Å². The lowest BCUT2D eigenvalue weighted by molar-refractivity contribution is -0.127. The summed E-state index contributed by atoms with van der Waals surface area (Å²) in [4.78, 5) is 13.0. The average molecular weight is 381 g/mol. The molecule has 1 fully saturated rings. The molecule has 1 aliphatic heterocycles. The lowest BCUT2D eigenvalue weighted by Gasteiger charge is -2.40. The molecule has 10 heteroatoms. The zero-order chi connectivity index (χ0) is 18.8. The van der Waals surface area contributed by atoms with Crippen molar-refractivity contribution in [3.8, 4) is 0 Å². The molecule has 26 heavy (non-hydrogen) atoms. The Labute approximate surface area is 152 Å². The summed E-state index contributed by atoms with van der Waals surface area (Å²) < 4.78 is 31.9. The monoisotopic (exact) mass is 381 g/mol. The molecule has 142 valence electrons. The van der Waals surface area contributed by atoms with E-state index in [0.29, 0.717) is 24.4 Å². The first-order chi connectivity index (χ1) is 12.3. The molecule has 1 aliphatic rings. The van der Waals surface area contributed by atoms with E-state index >= 15 is 0 Å². The van der Waals surface area contributed by atoms with E-state index in [2.05, 4.69) is 15.7 Å². The fourth-order valence-corrected chi connectivity index (χ4v) is 3.93. The van der Waals surface area contributed by atoms with Gasteiger partial charge in [0.15, 0.2) is 0 Å². The van der Waals surface area contributed by atoms with Crippen molar-refractivity contribution in [3.63, 3.8) is 0 Å². The third-order valence-electron chi connectivity index (χ3n) is 4.56. The molecule has 1 amide bonds. The third-order valence-corrected chi connectivity index (χ3v) is 5.87. The smallest absolute Gasteiger partial charge is 0.246 e. The fraction of sp³-hybridized carbons (Fsp3) is 0.500. The largest absolute Gasteiger partial charge is 0.467 e. The van der Waals surface area contributed by atoms with Crippen LogP contribution < -0.4 is 10.6 Å². The average Bonchev–Trinajstić information content (AvgIpc) is 3.24. The Balaban J connectivity index is 1.76. The normalized spacial score (nSPS) is 17.8. The first-order valence-electron chi connectivity index (χ1n) is 8.32. The van der Waals surface area contributed by atoms with Crippen LogP contribution in [0.5, 0.6) is 0 Å². The molecule has 0 aliphatic carbocycles. The minimum atomic E-state index is -3.28. The Morgan fingerprint density at radius 1 is 1.35 bits per heavy atom. The number of carbonyl (C=O) groups excluding carboxylic acids is 1. The maximum atomic E-state index is 13.0. The third kappa shape index (κ3) is 4.07. The van der Waals surface area contributed by atoms with E-state index in [4.69, 9.17) is 4.42 Å². The van der Waals surface area contributed by atoms with Gasteiger partial charge in [-0.25, -0.2) is 12.7 Å². The molecule has 0 atom stereocenters. The summed E-state index contributed by atoms with van der Waals surface area (Å²) in [6.07, 6.45) is 5.21. The van der Waals surface area contributed by atoms with Crippen molar-refractivity contribution in [2.24, 2.45) is 7.05 Å². The van der Waals surface area contributed by atoms with Crippen molar-refractivity contribution in [3.05, 3.63) is 36.4 Å². The van der Waals surface area contributed by atoms with Crippen LogP contribution in [0.15, 0.2) is 35.1 Å². The minimum absolute atomic E-state index is 0.201. The van der Waals surface area contributed by atoms with Gasteiger partial charge in [-0.15, -0.1) is 0 Å². The summed E-state index contributed by atoms with van der Waals surface area (Å²) in [5.41, 5.74) is -0.928. The number of hydrogen-bond acceptors (Lipinski definition) is 6. The second-order valence-corrected chi connectivity index (χ2v) is 8.49. The lowest BCUT2D eigenvalue weighted by atomic mass is 9.87. The van der Waals surface area contributed by atoms with Gasteiger partial charge >= 0.3 is 0 Å². The van der Waals surface area contributed by atoms with Crippen molar-refractivity contribution in [1.29, 1.82) is 0 Å². The van der Waals surface area contributed by atoms with Gasteiger partial charge in [-0.05, 0) is 25.0 Å². The molecule has 0 bridgehead atoms. The SMILES string of the molecule is Cn1ccc(NC2(C(=O)NCc3ccco3)CCN(S(C)(=O)=O)CC2)n1. The number of amides is 1. The van der Waals surface area contributed by atoms with Crippen LogP contribution in [0.4, 0.5) is 5.82 Å². The molecule has 3 rings (SSSR count). The highest BCUT2D eigenvalue weighted by Gasteiger charge is 2.43. The summed E-state index contributed by atoms with van der Waals surface area (Å²) in [6, 6.07) is 5.32. The molecule has 0 unspecified atom stereocenters. The van der Waals surface area contributed by atoms with E-state index in [1.807, 2.05) is 0 Å². The first kappa shape index (κ1) is 18.5. The van der Waals surface area contributed by atoms with Crippen LogP contribution in [0.25, 0.3) is 0 Å². The second kappa shape index (κ2) is 7.12. The number of carbonyl (C=O) groups is 1. The Bertz CT molecular complexity index is 851. The van der Waals surface area contributed by atoms with Crippen LogP contribution >= 0.6 is 0 Å². The van der Waals surface area contributed by atoms with Crippen LogP contribution in [-0.4, -0.2) is 53.3 Å². The highest BCUT2D eigenvalue weighted by atomic mass is 32.2. The zero-order valence-electron chi connectivity index (χ0n) is 14.8. The molecule has 0 saturated carbocycles. The summed E-state index contributed by atoms with van der Waals surface area (Å²) >= 11 is 0. The first-order valence-corrected chi connectivity index (χ1v) is 10.2. The van der Waals surface area contributed by atoms with Gasteiger partial charge in [0.1, 0.15) is 17.1 Å². The quantitative estimate of drug-likeness (QED) is 0.756. The number of anilines is 1. The number of sulfonamides is 1. The van der Waals surface area contributed by atoms with E-state index in [9.17, 15) is 13.2 Å². The van der Waals surface area contributed by atoms with Crippen molar-refractivity contribution in [2.75, 3.05) is 24.7 Å². The molecular formula is C16H23N5O4S. The molecular weight excluding hydrogens is 358 g/mol. The highest BCUT2D eigenvalue weighted by molar-refractivity contribution is 7.88. The number of piperidine rings is 1. The zero-order valence-corrected chi connectivity index (χ0v) is 15.6. The lowest BCUT2D eigenvalue weighted by Crippen LogP contribution is -2.58. The topological polar surface area (TPSA) is 109 Å². The molecule has 3 heterocycles. The number of furan rings is 1. The van der Waals surface area contributed by atoms with Crippen LogP contribution in [0.3, 0.4) is 0 Å². The second-order valence-electron chi connectivity index (χ2n) is 6.51. The number of nitrogens with one attached hydrogen (secondary N) is 2. The molecule has 2 aromatic heterocycles. The summed E-state index contributed by atoms with van der Waals surface area (Å²) in [5.74, 6) is 1.03. The molecule has 0 spiro atoms. The summed E-state index contributed by atoms with van der Waals surface area (Å²) in [7, 11) is -1.49. The summed E-state index contributed by atoms with van der Waals surface area (Å²) in [6.45, 7) is 0.812. The maximum absolute atomic E-state index is 13.0. The number of hydrogen-bond donors (Lipinski definition) is 2.